The van der Waals surface area contributed by atoms with Crippen LogP contribution in [0.2, 0.25) is 0 Å². The van der Waals surface area contributed by atoms with E-state index in [1.54, 1.807) is 0 Å². The molecule has 4 heavy (non-hydrogen) atoms. The number of hydrogen-bond donors (Lipinski definition) is 0. The van der Waals surface area contributed by atoms with Crippen LogP contribution in [-0.2, 0) is 26.2 Å². The molecule has 0 atom stereocenters. The van der Waals surface area contributed by atoms with E-state index in [0.717, 1.165) is 0 Å². The SMILES string of the molecule is F.[AlH3].[Ca+2].[H-].[H-].[Zr]. The second-order valence-corrected chi connectivity index (χ2v) is 0. The molecular formula is H6AlCaFZr. The zero-order chi connectivity index (χ0) is 0. The van der Waals surface area contributed by atoms with Crippen LogP contribution in [-0.4, -0.2) is 55.1 Å². The Labute approximate surface area is 87.3 Å². The molecule has 0 aromatic heterocycles. The van der Waals surface area contributed by atoms with Crippen LogP contribution in [0.5, 0.6) is 0 Å². The Bertz CT molecular complexity index is 13.5. The standard InChI is InChI=1S/Al.Ca.FH.Zr.5H/h;;1H;;;;;;/q;+2;;;;;;2*-1. The second kappa shape index (κ2) is 17.5. The van der Waals surface area contributed by atoms with Crippen molar-refractivity contribution in [3.05, 3.63) is 0 Å². The molecule has 0 amide bonds. The Kier molecular flexibility index (Phi) is 134. The Morgan fingerprint density at radius 2 is 1.25 bits per heavy atom. The van der Waals surface area contributed by atoms with Gasteiger partial charge in [-0.15, -0.1) is 0 Å². The summed E-state index contributed by atoms with van der Waals surface area (Å²) in [6.07, 6.45) is 0. The molecule has 0 unspecified atom stereocenters. The van der Waals surface area contributed by atoms with E-state index in [0.29, 0.717) is 0 Å². The first-order chi connectivity index (χ1) is 0. The van der Waals surface area contributed by atoms with Crippen LogP contribution in [0.4, 0.5) is 4.70 Å². The summed E-state index contributed by atoms with van der Waals surface area (Å²) >= 11 is 0. The molecule has 0 bridgehead atoms. The molecule has 4 heteroatoms. The van der Waals surface area contributed by atoms with Gasteiger partial charge in [-0.3, -0.25) is 4.70 Å². The van der Waals surface area contributed by atoms with Crippen LogP contribution in [0.25, 0.3) is 0 Å². The second-order valence-electron chi connectivity index (χ2n) is 0. The van der Waals surface area contributed by atoms with Gasteiger partial charge in [-0.25, -0.2) is 0 Å². The minimum Gasteiger partial charge on any atom is -1.00 e. The molecule has 0 spiro atoms. The molecule has 0 aliphatic carbocycles. The first kappa shape index (κ1) is 30.6. The molecule has 0 rings (SSSR count). The van der Waals surface area contributed by atoms with Crippen molar-refractivity contribution in [1.82, 2.24) is 0 Å². The van der Waals surface area contributed by atoms with Crippen LogP contribution in [0.3, 0.4) is 0 Å². The molecule has 0 aliphatic heterocycles. The maximum atomic E-state index is 0. The maximum absolute atomic E-state index is 0. The van der Waals surface area contributed by atoms with Gasteiger partial charge in [0.15, 0.2) is 17.4 Å². The topological polar surface area (TPSA) is 0 Å². The first-order valence-electron chi connectivity index (χ1n) is 0. The van der Waals surface area contributed by atoms with Crippen LogP contribution in [0, 0.1) is 0 Å². The molecule has 0 heterocycles. The molecule has 0 aromatic carbocycles. The quantitative estimate of drug-likeness (QED) is 0.414. The van der Waals surface area contributed by atoms with Crippen molar-refractivity contribution in [1.29, 1.82) is 0 Å². The van der Waals surface area contributed by atoms with E-state index in [2.05, 4.69) is 0 Å². The summed E-state index contributed by atoms with van der Waals surface area (Å²) in [5, 5.41) is 0. The summed E-state index contributed by atoms with van der Waals surface area (Å²) in [5.41, 5.74) is 0. The van der Waals surface area contributed by atoms with E-state index < -0.39 is 0 Å². The van der Waals surface area contributed by atoms with E-state index in [9.17, 15) is 0 Å². The summed E-state index contributed by atoms with van der Waals surface area (Å²) in [6.45, 7) is 0. The molecule has 0 aromatic rings. The van der Waals surface area contributed by atoms with Gasteiger partial charge < -0.3 is 2.85 Å². The third-order valence-electron chi connectivity index (χ3n) is 0. The first-order valence-corrected chi connectivity index (χ1v) is 0. The summed E-state index contributed by atoms with van der Waals surface area (Å²) < 4.78 is 0. The maximum Gasteiger partial charge on any atom is 2.00 e. The third-order valence-corrected chi connectivity index (χ3v) is 0. The van der Waals surface area contributed by atoms with E-state index in [1.165, 1.54) is 0 Å². The van der Waals surface area contributed by atoms with Crippen LogP contribution in [0.1, 0.15) is 2.85 Å². The van der Waals surface area contributed by atoms with Gasteiger partial charge in [-0.05, 0) is 0 Å². The molecule has 22 valence electrons. The van der Waals surface area contributed by atoms with Gasteiger partial charge in [0, 0.05) is 26.2 Å². The molecule has 0 fully saturated rings. The molecule has 0 N–H and O–H groups in total. The van der Waals surface area contributed by atoms with Crippen molar-refractivity contribution < 1.29 is 33.8 Å². The van der Waals surface area contributed by atoms with Gasteiger partial charge in [0.1, 0.15) is 0 Å². The fourth-order valence-corrected chi connectivity index (χ4v) is 0. The third kappa shape index (κ3) is 8.82. The van der Waals surface area contributed by atoms with Gasteiger partial charge in [-0.1, -0.05) is 0 Å². The van der Waals surface area contributed by atoms with Crippen molar-refractivity contribution in [3.63, 3.8) is 0 Å². The Balaban J connectivity index is 0. The Morgan fingerprint density at radius 3 is 1.25 bits per heavy atom. The fraction of sp³-hybridized carbons (Fsp3) is 0. The van der Waals surface area contributed by atoms with Crippen molar-refractivity contribution in [2.75, 3.05) is 0 Å². The smallest absolute Gasteiger partial charge is 1.00 e. The van der Waals surface area contributed by atoms with E-state index in [-0.39, 0.29) is 88.9 Å². The van der Waals surface area contributed by atoms with E-state index >= 15 is 0 Å². The molecule has 0 radical (unpaired) electrons. The average Bonchev–Trinajstić information content (AvgIpc) is 0. The van der Waals surface area contributed by atoms with Crippen LogP contribution >= 0.6 is 0 Å². The number of halogens is 1. The predicted molar refractivity (Wildman–Crippen MR) is 20.4 cm³/mol. The van der Waals surface area contributed by atoms with Crippen molar-refractivity contribution in [2.24, 2.45) is 0 Å². The van der Waals surface area contributed by atoms with Crippen molar-refractivity contribution in [3.8, 4) is 0 Å². The zero-order valence-electron chi connectivity index (χ0n) is 3.62. The fourth-order valence-electron chi connectivity index (χ4n) is 0. The minimum atomic E-state index is 0. The summed E-state index contributed by atoms with van der Waals surface area (Å²) in [7, 11) is 0. The van der Waals surface area contributed by atoms with Gasteiger partial charge in [0.2, 0.25) is 0 Å². The average molecular weight is 183 g/mol. The summed E-state index contributed by atoms with van der Waals surface area (Å²) in [6, 6.07) is 0. The van der Waals surface area contributed by atoms with E-state index in [4.69, 9.17) is 0 Å². The minimum absolute atomic E-state index is 0. The van der Waals surface area contributed by atoms with Gasteiger partial charge in [0.05, 0.1) is 0 Å². The summed E-state index contributed by atoms with van der Waals surface area (Å²) in [5.74, 6) is 0. The van der Waals surface area contributed by atoms with Crippen molar-refractivity contribution >= 4 is 55.1 Å². The molecule has 0 nitrogen and oxygen atoms in total. The molecule has 0 aliphatic rings. The molecular weight excluding hydrogens is 177 g/mol. The molecule has 0 saturated heterocycles. The number of rotatable bonds is 0. The van der Waals surface area contributed by atoms with Crippen LogP contribution < -0.4 is 0 Å². The Morgan fingerprint density at radius 1 is 1.25 bits per heavy atom. The zero-order valence-corrected chi connectivity index (χ0v) is 6.28. The largest absolute Gasteiger partial charge is 2.00 e. The van der Waals surface area contributed by atoms with Gasteiger partial charge in [-0.2, -0.15) is 0 Å². The molecule has 0 saturated carbocycles. The Hall–Kier alpha value is 2.61. The van der Waals surface area contributed by atoms with E-state index in [1.807, 2.05) is 0 Å². The normalized spacial score (nSPS) is 0. The number of hydrogen-bond acceptors (Lipinski definition) is 0. The van der Waals surface area contributed by atoms with Gasteiger partial charge >= 0.3 is 37.7 Å². The monoisotopic (exact) mass is 182 g/mol. The summed E-state index contributed by atoms with van der Waals surface area (Å²) in [4.78, 5) is 0. The predicted octanol–water partition coefficient (Wildman–Crippen LogP) is -1.19. The van der Waals surface area contributed by atoms with Crippen molar-refractivity contribution in [2.45, 2.75) is 0 Å². The van der Waals surface area contributed by atoms with Gasteiger partial charge in [0.25, 0.3) is 0 Å². The van der Waals surface area contributed by atoms with Crippen LogP contribution in [0.15, 0.2) is 0 Å².